The number of hydrogen-bond donors (Lipinski definition) is 3. The largest absolute Gasteiger partial charge is 0.332 e. The van der Waals surface area contributed by atoms with E-state index in [-0.39, 0.29) is 11.6 Å². The Balaban J connectivity index is 2.29. The molecule has 0 saturated heterocycles. The molecule has 0 aromatic rings. The van der Waals surface area contributed by atoms with Crippen molar-refractivity contribution >= 4 is 6.03 Å². The SMILES string of the molecule is CC1(NC(=O)NN)CCC1. The van der Waals surface area contributed by atoms with E-state index in [1.807, 2.05) is 12.3 Å². The second-order valence-corrected chi connectivity index (χ2v) is 3.01. The Labute approximate surface area is 60.1 Å². The van der Waals surface area contributed by atoms with Crippen molar-refractivity contribution in [1.82, 2.24) is 10.7 Å². The lowest BCUT2D eigenvalue weighted by Crippen LogP contribution is -2.55. The first-order chi connectivity index (χ1) is 4.66. The number of carbonyl (C=O) groups excluding carboxylic acids is 1. The molecular formula is C6H13N3O. The third kappa shape index (κ3) is 1.39. The van der Waals surface area contributed by atoms with Crippen molar-refractivity contribution in [2.24, 2.45) is 5.84 Å². The quantitative estimate of drug-likeness (QED) is 0.277. The second-order valence-electron chi connectivity index (χ2n) is 3.01. The standard InChI is InChI=1S/C6H13N3O/c1-6(3-2-4-6)8-5(10)9-7/h2-4,7H2,1H3,(H2,8,9,10). The van der Waals surface area contributed by atoms with Gasteiger partial charge < -0.3 is 5.32 Å². The minimum Gasteiger partial charge on any atom is -0.332 e. The number of rotatable bonds is 1. The van der Waals surface area contributed by atoms with E-state index in [2.05, 4.69) is 5.32 Å². The second kappa shape index (κ2) is 2.46. The Kier molecular flexibility index (Phi) is 1.80. The van der Waals surface area contributed by atoms with Gasteiger partial charge in [0.25, 0.3) is 0 Å². The first-order valence-corrected chi connectivity index (χ1v) is 3.45. The summed E-state index contributed by atoms with van der Waals surface area (Å²) in [4.78, 5) is 10.7. The van der Waals surface area contributed by atoms with Gasteiger partial charge in [-0.2, -0.15) is 0 Å². The van der Waals surface area contributed by atoms with Crippen molar-refractivity contribution in [1.29, 1.82) is 0 Å². The lowest BCUT2D eigenvalue weighted by Gasteiger charge is -2.38. The fourth-order valence-corrected chi connectivity index (χ4v) is 1.14. The summed E-state index contributed by atoms with van der Waals surface area (Å²) in [6.45, 7) is 2.02. The zero-order valence-corrected chi connectivity index (χ0v) is 6.11. The minimum atomic E-state index is -0.290. The van der Waals surface area contributed by atoms with Gasteiger partial charge in [0, 0.05) is 5.54 Å². The number of hydrogen-bond acceptors (Lipinski definition) is 2. The molecule has 0 spiro atoms. The molecule has 4 nitrogen and oxygen atoms in total. The van der Waals surface area contributed by atoms with Gasteiger partial charge in [0.1, 0.15) is 0 Å². The lowest BCUT2D eigenvalue weighted by molar-refractivity contribution is 0.191. The van der Waals surface area contributed by atoms with Crippen LogP contribution in [-0.4, -0.2) is 11.6 Å². The fourth-order valence-electron chi connectivity index (χ4n) is 1.14. The molecular weight excluding hydrogens is 130 g/mol. The minimum absolute atomic E-state index is 0.00343. The van der Waals surface area contributed by atoms with Crippen LogP contribution in [-0.2, 0) is 0 Å². The van der Waals surface area contributed by atoms with Crippen LogP contribution in [0.5, 0.6) is 0 Å². The summed E-state index contributed by atoms with van der Waals surface area (Å²) in [6, 6.07) is -0.290. The summed E-state index contributed by atoms with van der Waals surface area (Å²) in [5.41, 5.74) is 2.04. The van der Waals surface area contributed by atoms with E-state index in [0.717, 1.165) is 12.8 Å². The number of amides is 2. The first-order valence-electron chi connectivity index (χ1n) is 3.45. The van der Waals surface area contributed by atoms with Crippen LogP contribution in [0.1, 0.15) is 26.2 Å². The van der Waals surface area contributed by atoms with Crippen LogP contribution in [0, 0.1) is 0 Å². The highest BCUT2D eigenvalue weighted by Gasteiger charge is 2.32. The summed E-state index contributed by atoms with van der Waals surface area (Å²) in [7, 11) is 0. The molecule has 1 fully saturated rings. The van der Waals surface area contributed by atoms with Gasteiger partial charge in [-0.15, -0.1) is 0 Å². The monoisotopic (exact) mass is 143 g/mol. The topological polar surface area (TPSA) is 67.2 Å². The van der Waals surface area contributed by atoms with Crippen LogP contribution in [0.15, 0.2) is 0 Å². The average molecular weight is 143 g/mol. The molecule has 2 amide bonds. The van der Waals surface area contributed by atoms with Gasteiger partial charge in [0.2, 0.25) is 0 Å². The predicted molar refractivity (Wildman–Crippen MR) is 38.1 cm³/mol. The summed E-state index contributed by atoms with van der Waals surface area (Å²) in [5, 5.41) is 2.77. The zero-order chi connectivity index (χ0) is 7.61. The molecule has 0 aromatic heterocycles. The van der Waals surface area contributed by atoms with Gasteiger partial charge in [-0.3, -0.25) is 5.43 Å². The number of urea groups is 1. The maximum Gasteiger partial charge on any atom is 0.329 e. The molecule has 0 heterocycles. The first kappa shape index (κ1) is 7.34. The fraction of sp³-hybridized carbons (Fsp3) is 0.833. The average Bonchev–Trinajstić information content (AvgIpc) is 1.84. The summed E-state index contributed by atoms with van der Waals surface area (Å²) in [5.74, 6) is 4.90. The third-order valence-corrected chi connectivity index (χ3v) is 2.00. The molecule has 1 aliphatic carbocycles. The Morgan fingerprint density at radius 1 is 1.60 bits per heavy atom. The zero-order valence-electron chi connectivity index (χ0n) is 6.11. The molecule has 0 radical (unpaired) electrons. The molecule has 0 atom stereocenters. The van der Waals surface area contributed by atoms with Crippen LogP contribution in [0.3, 0.4) is 0 Å². The lowest BCUT2D eigenvalue weighted by atomic mass is 9.79. The van der Waals surface area contributed by atoms with Gasteiger partial charge in [-0.25, -0.2) is 10.6 Å². The number of hydrazine groups is 1. The summed E-state index contributed by atoms with van der Waals surface area (Å²) >= 11 is 0. The molecule has 58 valence electrons. The van der Waals surface area contributed by atoms with Crippen LogP contribution in [0.2, 0.25) is 0 Å². The van der Waals surface area contributed by atoms with E-state index in [0.29, 0.717) is 0 Å². The van der Waals surface area contributed by atoms with E-state index in [1.165, 1.54) is 6.42 Å². The molecule has 0 bridgehead atoms. The summed E-state index contributed by atoms with van der Waals surface area (Å²) < 4.78 is 0. The van der Waals surface area contributed by atoms with Crippen molar-refractivity contribution in [2.45, 2.75) is 31.7 Å². The molecule has 0 unspecified atom stereocenters. The Morgan fingerprint density at radius 3 is 2.50 bits per heavy atom. The van der Waals surface area contributed by atoms with Crippen LogP contribution >= 0.6 is 0 Å². The van der Waals surface area contributed by atoms with Gasteiger partial charge in [0.15, 0.2) is 0 Å². The van der Waals surface area contributed by atoms with Crippen LogP contribution < -0.4 is 16.6 Å². The molecule has 0 aliphatic heterocycles. The number of nitrogens with two attached hydrogens (primary N) is 1. The van der Waals surface area contributed by atoms with E-state index < -0.39 is 0 Å². The normalized spacial score (nSPS) is 21.0. The molecule has 1 aliphatic rings. The third-order valence-electron chi connectivity index (χ3n) is 2.00. The van der Waals surface area contributed by atoms with E-state index >= 15 is 0 Å². The Hall–Kier alpha value is -0.770. The van der Waals surface area contributed by atoms with E-state index in [9.17, 15) is 4.79 Å². The molecule has 1 rings (SSSR count). The van der Waals surface area contributed by atoms with Gasteiger partial charge in [0.05, 0.1) is 0 Å². The number of nitrogens with one attached hydrogen (secondary N) is 2. The van der Waals surface area contributed by atoms with Crippen molar-refractivity contribution in [3.05, 3.63) is 0 Å². The molecule has 4 N–H and O–H groups in total. The predicted octanol–water partition coefficient (Wildman–Crippen LogP) is 0.102. The van der Waals surface area contributed by atoms with Crippen molar-refractivity contribution < 1.29 is 4.79 Å². The van der Waals surface area contributed by atoms with E-state index in [1.54, 1.807) is 0 Å². The van der Waals surface area contributed by atoms with Crippen LogP contribution in [0.25, 0.3) is 0 Å². The Morgan fingerprint density at radius 2 is 2.20 bits per heavy atom. The van der Waals surface area contributed by atoms with Crippen LogP contribution in [0.4, 0.5) is 4.79 Å². The van der Waals surface area contributed by atoms with Gasteiger partial charge in [-0.05, 0) is 26.2 Å². The van der Waals surface area contributed by atoms with Crippen molar-refractivity contribution in [3.8, 4) is 0 Å². The number of carbonyl (C=O) groups is 1. The Bertz CT molecular complexity index is 142. The maximum absolute atomic E-state index is 10.7. The van der Waals surface area contributed by atoms with Gasteiger partial charge >= 0.3 is 6.03 Å². The van der Waals surface area contributed by atoms with Crippen molar-refractivity contribution in [3.63, 3.8) is 0 Å². The highest BCUT2D eigenvalue weighted by Crippen LogP contribution is 2.30. The molecule has 1 saturated carbocycles. The highest BCUT2D eigenvalue weighted by molar-refractivity contribution is 5.74. The smallest absolute Gasteiger partial charge is 0.329 e. The maximum atomic E-state index is 10.7. The van der Waals surface area contributed by atoms with Gasteiger partial charge in [-0.1, -0.05) is 0 Å². The molecule has 10 heavy (non-hydrogen) atoms. The summed E-state index contributed by atoms with van der Waals surface area (Å²) in [6.07, 6.45) is 3.31. The molecule has 0 aromatic carbocycles. The highest BCUT2D eigenvalue weighted by atomic mass is 16.2. The van der Waals surface area contributed by atoms with Crippen molar-refractivity contribution in [2.75, 3.05) is 0 Å². The van der Waals surface area contributed by atoms with E-state index in [4.69, 9.17) is 5.84 Å². The molecule has 4 heteroatoms.